The third-order valence-corrected chi connectivity index (χ3v) is 5.25. The van der Waals surface area contributed by atoms with E-state index in [1.165, 1.54) is 0 Å². The molecule has 0 saturated heterocycles. The average molecular weight is 452 g/mol. The summed E-state index contributed by atoms with van der Waals surface area (Å²) >= 11 is 0. The minimum absolute atomic E-state index is 0.00509. The number of nitrogens with zero attached hydrogens (tertiary/aromatic N) is 11. The van der Waals surface area contributed by atoms with Crippen molar-refractivity contribution >= 4 is 50.5 Å². The summed E-state index contributed by atoms with van der Waals surface area (Å²) in [7, 11) is 0. The normalized spacial score (nSPS) is 10.9. The van der Waals surface area contributed by atoms with Gasteiger partial charge in [0.25, 0.3) is 0 Å². The second-order valence-electron chi connectivity index (χ2n) is 7.36. The van der Waals surface area contributed by atoms with Crippen molar-refractivity contribution in [1.29, 1.82) is 15.8 Å². The Hall–Kier alpha value is -5.93. The molecule has 2 N–H and O–H groups in total. The number of aromatic nitrogens is 8. The fourth-order valence-electron chi connectivity index (χ4n) is 3.62. The number of benzene rings is 2. The molecule has 6 rings (SSSR count). The zero-order chi connectivity index (χ0) is 24.1. The van der Waals surface area contributed by atoms with Crippen LogP contribution in [0.4, 0.5) is 5.82 Å². The molecule has 0 unspecified atom stereocenters. The number of hydrogen-bond acceptors (Lipinski definition) is 12. The molecule has 35 heavy (non-hydrogen) atoms. The van der Waals surface area contributed by atoms with Crippen molar-refractivity contribution in [3.8, 4) is 29.3 Å². The number of nitrogens with two attached hydrogens (primary N) is 1. The van der Waals surface area contributed by atoms with Gasteiger partial charge in [0.2, 0.25) is 0 Å². The van der Waals surface area contributed by atoms with E-state index in [0.29, 0.717) is 22.1 Å². The van der Waals surface area contributed by atoms with E-state index in [1.807, 2.05) is 42.5 Å². The van der Waals surface area contributed by atoms with Crippen LogP contribution in [-0.2, 0) is 0 Å². The van der Waals surface area contributed by atoms with Gasteiger partial charge in [-0.05, 0) is 35.4 Å². The van der Waals surface area contributed by atoms with E-state index < -0.39 is 0 Å². The molecule has 4 heterocycles. The highest BCUT2D eigenvalue weighted by Gasteiger charge is 2.13. The van der Waals surface area contributed by atoms with Gasteiger partial charge in [0.05, 0.1) is 22.1 Å². The van der Waals surface area contributed by atoms with Crippen molar-refractivity contribution in [3.05, 3.63) is 53.5 Å². The number of rotatable bonds is 1. The van der Waals surface area contributed by atoms with Crippen molar-refractivity contribution in [2.75, 3.05) is 5.73 Å². The molecule has 0 radical (unpaired) electrons. The molecule has 0 fully saturated rings. The molecule has 0 bridgehead atoms. The van der Waals surface area contributed by atoms with Crippen LogP contribution in [0.5, 0.6) is 0 Å². The van der Waals surface area contributed by atoms with Crippen LogP contribution in [0.3, 0.4) is 0 Å². The standard InChI is InChI=1S/C23H8N12/c24-7-16-17(8-25)33-21-20(32-16)28-12-3-1-10(5-14(12)30-21)11-2-4-13-15(6-11)31-22-23(29-13)35-19(27)18(9-26)34-22/h1-6H,(H2,27,29,35). The Morgan fingerprint density at radius 3 is 1.34 bits per heavy atom. The number of nitrogen functional groups attached to an aromatic ring is 1. The van der Waals surface area contributed by atoms with Gasteiger partial charge in [0.1, 0.15) is 18.2 Å². The monoisotopic (exact) mass is 452 g/mol. The Kier molecular flexibility index (Phi) is 4.12. The summed E-state index contributed by atoms with van der Waals surface area (Å²) in [5, 5.41) is 27.5. The van der Waals surface area contributed by atoms with E-state index in [-0.39, 0.29) is 45.5 Å². The van der Waals surface area contributed by atoms with Crippen molar-refractivity contribution in [2.24, 2.45) is 0 Å². The fraction of sp³-hybridized carbons (Fsp3) is 0. The Morgan fingerprint density at radius 1 is 0.486 bits per heavy atom. The van der Waals surface area contributed by atoms with Gasteiger partial charge in [-0.2, -0.15) is 15.8 Å². The van der Waals surface area contributed by atoms with Crippen LogP contribution in [0.2, 0.25) is 0 Å². The van der Waals surface area contributed by atoms with E-state index >= 15 is 0 Å². The molecule has 12 nitrogen and oxygen atoms in total. The molecule has 0 spiro atoms. The second-order valence-corrected chi connectivity index (χ2v) is 7.36. The van der Waals surface area contributed by atoms with Crippen LogP contribution in [-0.4, -0.2) is 39.9 Å². The van der Waals surface area contributed by atoms with Crippen LogP contribution in [0.25, 0.3) is 55.8 Å². The lowest BCUT2D eigenvalue weighted by molar-refractivity contribution is 1.14. The van der Waals surface area contributed by atoms with Crippen molar-refractivity contribution in [1.82, 2.24) is 39.9 Å². The fourth-order valence-corrected chi connectivity index (χ4v) is 3.62. The maximum atomic E-state index is 9.22. The molecule has 0 atom stereocenters. The molecule has 6 aromatic rings. The summed E-state index contributed by atoms with van der Waals surface area (Å²) in [5.74, 6) is 0.00509. The zero-order valence-electron chi connectivity index (χ0n) is 17.5. The topological polar surface area (TPSA) is 201 Å². The number of fused-ring (bicyclic) bond motifs is 4. The van der Waals surface area contributed by atoms with Crippen LogP contribution in [0.1, 0.15) is 17.1 Å². The van der Waals surface area contributed by atoms with Crippen LogP contribution < -0.4 is 5.73 Å². The summed E-state index contributed by atoms with van der Waals surface area (Å²) in [4.78, 5) is 34.4. The highest BCUT2D eigenvalue weighted by atomic mass is 15.0. The van der Waals surface area contributed by atoms with Gasteiger partial charge >= 0.3 is 0 Å². The first-order valence-electron chi connectivity index (χ1n) is 10.0. The van der Waals surface area contributed by atoms with E-state index in [1.54, 1.807) is 12.1 Å². The predicted molar refractivity (Wildman–Crippen MR) is 123 cm³/mol. The first-order valence-corrected chi connectivity index (χ1v) is 10.0. The molecule has 0 aliphatic heterocycles. The second kappa shape index (κ2) is 7.30. The summed E-state index contributed by atoms with van der Waals surface area (Å²) in [6.07, 6.45) is 0. The number of anilines is 1. The van der Waals surface area contributed by atoms with E-state index in [9.17, 15) is 5.26 Å². The summed E-state index contributed by atoms with van der Waals surface area (Å²) < 4.78 is 0. The SMILES string of the molecule is N#Cc1nc2nc3cc(-c4ccc5nc6nc(C#N)c(C#N)nc6nc5c4)ccc3nc2nc1N. The van der Waals surface area contributed by atoms with Gasteiger partial charge < -0.3 is 5.73 Å². The van der Waals surface area contributed by atoms with Gasteiger partial charge in [0, 0.05) is 0 Å². The quantitative estimate of drug-likeness (QED) is 0.357. The smallest absolute Gasteiger partial charge is 0.200 e. The van der Waals surface area contributed by atoms with Gasteiger partial charge in [-0.25, -0.2) is 39.9 Å². The van der Waals surface area contributed by atoms with Crippen LogP contribution in [0.15, 0.2) is 36.4 Å². The van der Waals surface area contributed by atoms with Gasteiger partial charge in [-0.1, -0.05) is 12.1 Å². The van der Waals surface area contributed by atoms with Gasteiger partial charge in [-0.15, -0.1) is 0 Å². The lowest BCUT2D eigenvalue weighted by Gasteiger charge is -2.07. The minimum atomic E-state index is -0.102. The summed E-state index contributed by atoms with van der Waals surface area (Å²) in [5.41, 5.74) is 10.3. The Morgan fingerprint density at radius 2 is 0.886 bits per heavy atom. The summed E-state index contributed by atoms with van der Waals surface area (Å²) in [6, 6.07) is 16.6. The molecule has 160 valence electrons. The molecule has 0 amide bonds. The first-order chi connectivity index (χ1) is 17.1. The maximum Gasteiger partial charge on any atom is 0.200 e. The van der Waals surface area contributed by atoms with Crippen LogP contribution in [0, 0.1) is 34.0 Å². The van der Waals surface area contributed by atoms with Crippen molar-refractivity contribution in [2.45, 2.75) is 0 Å². The summed E-state index contributed by atoms with van der Waals surface area (Å²) in [6.45, 7) is 0. The first kappa shape index (κ1) is 19.7. The Labute approximate surface area is 195 Å². The van der Waals surface area contributed by atoms with E-state index in [4.69, 9.17) is 16.3 Å². The van der Waals surface area contributed by atoms with Gasteiger partial charge in [-0.3, -0.25) is 0 Å². The van der Waals surface area contributed by atoms with Crippen molar-refractivity contribution < 1.29 is 0 Å². The Balaban J connectivity index is 1.50. The highest BCUT2D eigenvalue weighted by Crippen LogP contribution is 2.27. The molecule has 12 heteroatoms. The molecule has 4 aromatic heterocycles. The number of nitriles is 3. The predicted octanol–water partition coefficient (Wildman–Crippen LogP) is 2.32. The molecule has 0 aliphatic carbocycles. The molecule has 0 aliphatic rings. The zero-order valence-corrected chi connectivity index (χ0v) is 17.5. The maximum absolute atomic E-state index is 9.22. The average Bonchev–Trinajstić information content (AvgIpc) is 2.89. The van der Waals surface area contributed by atoms with Crippen molar-refractivity contribution in [3.63, 3.8) is 0 Å². The Bertz CT molecular complexity index is 2010. The largest absolute Gasteiger partial charge is 0.381 e. The molecular weight excluding hydrogens is 444 g/mol. The molecular formula is C23H8N12. The molecule has 2 aromatic carbocycles. The lowest BCUT2D eigenvalue weighted by atomic mass is 10.0. The van der Waals surface area contributed by atoms with Crippen LogP contribution >= 0.6 is 0 Å². The van der Waals surface area contributed by atoms with Gasteiger partial charge in [0.15, 0.2) is 45.5 Å². The minimum Gasteiger partial charge on any atom is -0.381 e. The molecule has 0 saturated carbocycles. The third kappa shape index (κ3) is 3.13. The number of hydrogen-bond donors (Lipinski definition) is 1. The lowest BCUT2D eigenvalue weighted by Crippen LogP contribution is -2.02. The van der Waals surface area contributed by atoms with E-state index in [2.05, 4.69) is 39.9 Å². The van der Waals surface area contributed by atoms with E-state index in [0.717, 1.165) is 11.1 Å². The third-order valence-electron chi connectivity index (χ3n) is 5.25. The highest BCUT2D eigenvalue weighted by molar-refractivity contribution is 5.90.